The minimum absolute atomic E-state index is 0.329. The van der Waals surface area contributed by atoms with Crippen LogP contribution in [0.3, 0.4) is 0 Å². The third-order valence-corrected chi connectivity index (χ3v) is 4.84. The van der Waals surface area contributed by atoms with Crippen LogP contribution >= 0.6 is 12.2 Å². The third-order valence-electron chi connectivity index (χ3n) is 4.62. The number of fused-ring (bicyclic) bond motifs is 2. The van der Waals surface area contributed by atoms with Gasteiger partial charge in [0.15, 0.2) is 5.11 Å². The summed E-state index contributed by atoms with van der Waals surface area (Å²) in [6.45, 7) is 0. The maximum absolute atomic E-state index is 11.4. The Balaban J connectivity index is 1.54. The van der Waals surface area contributed by atoms with Gasteiger partial charge in [-0.05, 0) is 67.6 Å². The zero-order valence-corrected chi connectivity index (χ0v) is 12.9. The number of methoxy groups -OCH3 is 1. The van der Waals surface area contributed by atoms with E-state index >= 15 is 0 Å². The van der Waals surface area contributed by atoms with Crippen molar-refractivity contribution in [1.82, 2.24) is 5.32 Å². The van der Waals surface area contributed by atoms with Gasteiger partial charge in [-0.25, -0.2) is 4.79 Å². The van der Waals surface area contributed by atoms with Crippen LogP contribution in [0.4, 0.5) is 5.69 Å². The van der Waals surface area contributed by atoms with E-state index in [0.29, 0.717) is 16.7 Å². The predicted octanol–water partition coefficient (Wildman–Crippen LogP) is 2.95. The second kappa shape index (κ2) is 6.02. The highest BCUT2D eigenvalue weighted by Gasteiger charge is 2.39. The molecule has 2 N–H and O–H groups in total. The minimum Gasteiger partial charge on any atom is -0.465 e. The molecule has 2 aliphatic carbocycles. The molecule has 4 nitrogen and oxygen atoms in total. The number of rotatable bonds is 3. The lowest BCUT2D eigenvalue weighted by Crippen LogP contribution is -2.40. The normalized spacial score (nSPS) is 26.4. The molecule has 0 aliphatic heterocycles. The van der Waals surface area contributed by atoms with Crippen molar-refractivity contribution < 1.29 is 9.53 Å². The highest BCUT2D eigenvalue weighted by atomic mass is 32.1. The maximum atomic E-state index is 11.4. The molecule has 0 aromatic heterocycles. The molecule has 2 aliphatic rings. The summed E-state index contributed by atoms with van der Waals surface area (Å²) in [5.74, 6) is 1.36. The quantitative estimate of drug-likeness (QED) is 0.664. The topological polar surface area (TPSA) is 50.4 Å². The highest BCUT2D eigenvalue weighted by molar-refractivity contribution is 7.80. The summed E-state index contributed by atoms with van der Waals surface area (Å²) in [6.07, 6.45) is 5.32. The summed E-state index contributed by atoms with van der Waals surface area (Å²) in [5.41, 5.74) is 1.42. The van der Waals surface area contributed by atoms with Crippen LogP contribution in [0, 0.1) is 11.8 Å². The van der Waals surface area contributed by atoms with E-state index in [4.69, 9.17) is 12.2 Å². The van der Waals surface area contributed by atoms with E-state index in [1.54, 1.807) is 12.1 Å². The van der Waals surface area contributed by atoms with E-state index in [-0.39, 0.29) is 5.97 Å². The summed E-state index contributed by atoms with van der Waals surface area (Å²) < 4.78 is 4.68. The highest BCUT2D eigenvalue weighted by Crippen LogP contribution is 2.44. The zero-order chi connectivity index (χ0) is 14.8. The SMILES string of the molecule is COC(=O)c1ccc(NC(=S)N[C@@H]2C[C@H]3CC[C@@H]2C3)cc1. The van der Waals surface area contributed by atoms with Crippen LogP contribution in [0.2, 0.25) is 0 Å². The van der Waals surface area contributed by atoms with Crippen LogP contribution in [0.5, 0.6) is 0 Å². The fourth-order valence-electron chi connectivity index (χ4n) is 3.56. The van der Waals surface area contributed by atoms with E-state index in [1.807, 2.05) is 12.1 Å². The average Bonchev–Trinajstić information content (AvgIpc) is 3.09. The van der Waals surface area contributed by atoms with Crippen LogP contribution in [-0.2, 0) is 4.74 Å². The Labute approximate surface area is 130 Å². The van der Waals surface area contributed by atoms with Gasteiger partial charge in [-0.3, -0.25) is 0 Å². The van der Waals surface area contributed by atoms with Gasteiger partial charge in [-0.1, -0.05) is 6.42 Å². The van der Waals surface area contributed by atoms with Crippen molar-refractivity contribution in [3.8, 4) is 0 Å². The molecule has 0 spiro atoms. The van der Waals surface area contributed by atoms with Crippen molar-refractivity contribution in [1.29, 1.82) is 0 Å². The lowest BCUT2D eigenvalue weighted by atomic mass is 9.96. The fourth-order valence-corrected chi connectivity index (χ4v) is 3.83. The molecule has 5 heteroatoms. The number of carbonyl (C=O) groups excluding carboxylic acids is 1. The Hall–Kier alpha value is -1.62. The Morgan fingerprint density at radius 2 is 2.00 bits per heavy atom. The number of nitrogens with one attached hydrogen (secondary N) is 2. The van der Waals surface area contributed by atoms with Crippen molar-refractivity contribution >= 4 is 29.0 Å². The van der Waals surface area contributed by atoms with Gasteiger partial charge in [-0.15, -0.1) is 0 Å². The van der Waals surface area contributed by atoms with Crippen LogP contribution in [0.1, 0.15) is 36.0 Å². The fraction of sp³-hybridized carbons (Fsp3) is 0.500. The first-order chi connectivity index (χ1) is 10.2. The summed E-state index contributed by atoms with van der Waals surface area (Å²) in [4.78, 5) is 11.4. The number of esters is 1. The van der Waals surface area contributed by atoms with Gasteiger partial charge in [0.05, 0.1) is 12.7 Å². The summed E-state index contributed by atoms with van der Waals surface area (Å²) >= 11 is 5.38. The third kappa shape index (κ3) is 3.18. The summed E-state index contributed by atoms with van der Waals surface area (Å²) in [5, 5.41) is 7.28. The number of ether oxygens (including phenoxy) is 1. The van der Waals surface area contributed by atoms with E-state index in [9.17, 15) is 4.79 Å². The molecule has 2 bridgehead atoms. The molecular formula is C16H20N2O2S. The average molecular weight is 304 g/mol. The first-order valence-corrected chi connectivity index (χ1v) is 7.82. The molecule has 0 amide bonds. The molecule has 0 saturated heterocycles. The molecule has 0 unspecified atom stereocenters. The molecule has 112 valence electrons. The van der Waals surface area contributed by atoms with Gasteiger partial charge in [0.1, 0.15) is 0 Å². The number of hydrogen-bond acceptors (Lipinski definition) is 3. The Kier molecular flexibility index (Phi) is 4.10. The Morgan fingerprint density at radius 1 is 1.24 bits per heavy atom. The van der Waals surface area contributed by atoms with Crippen LogP contribution < -0.4 is 10.6 Å². The lowest BCUT2D eigenvalue weighted by Gasteiger charge is -2.24. The van der Waals surface area contributed by atoms with E-state index in [2.05, 4.69) is 15.4 Å². The molecule has 2 saturated carbocycles. The van der Waals surface area contributed by atoms with Crippen LogP contribution in [0.15, 0.2) is 24.3 Å². The largest absolute Gasteiger partial charge is 0.465 e. The summed E-state index contributed by atoms with van der Waals surface area (Å²) in [7, 11) is 1.38. The molecule has 3 atom stereocenters. The number of anilines is 1. The first kappa shape index (κ1) is 14.3. The number of carbonyl (C=O) groups is 1. The van der Waals surface area contributed by atoms with Gasteiger partial charge < -0.3 is 15.4 Å². The predicted molar refractivity (Wildman–Crippen MR) is 86.4 cm³/mol. The Morgan fingerprint density at radius 3 is 2.57 bits per heavy atom. The van der Waals surface area contributed by atoms with Crippen LogP contribution in [-0.4, -0.2) is 24.2 Å². The van der Waals surface area contributed by atoms with Gasteiger partial charge in [0.25, 0.3) is 0 Å². The van der Waals surface area contributed by atoms with Gasteiger partial charge in [0.2, 0.25) is 0 Å². The lowest BCUT2D eigenvalue weighted by molar-refractivity contribution is 0.0601. The van der Waals surface area contributed by atoms with Crippen molar-refractivity contribution in [2.45, 2.75) is 31.7 Å². The second-order valence-electron chi connectivity index (χ2n) is 5.95. The molecule has 0 heterocycles. The van der Waals surface area contributed by atoms with E-state index in [1.165, 1.54) is 32.8 Å². The van der Waals surface area contributed by atoms with Crippen LogP contribution in [0.25, 0.3) is 0 Å². The molecule has 21 heavy (non-hydrogen) atoms. The molecule has 1 aromatic rings. The summed E-state index contributed by atoms with van der Waals surface area (Å²) in [6, 6.07) is 7.66. The van der Waals surface area contributed by atoms with E-state index < -0.39 is 0 Å². The van der Waals surface area contributed by atoms with Gasteiger partial charge in [-0.2, -0.15) is 0 Å². The molecule has 0 radical (unpaired) electrons. The van der Waals surface area contributed by atoms with Crippen molar-refractivity contribution in [3.05, 3.63) is 29.8 Å². The molecular weight excluding hydrogens is 284 g/mol. The van der Waals surface area contributed by atoms with Crippen molar-refractivity contribution in [2.75, 3.05) is 12.4 Å². The van der Waals surface area contributed by atoms with Gasteiger partial charge in [0, 0.05) is 11.7 Å². The van der Waals surface area contributed by atoms with Crippen molar-refractivity contribution in [2.24, 2.45) is 11.8 Å². The maximum Gasteiger partial charge on any atom is 0.337 e. The number of hydrogen-bond donors (Lipinski definition) is 2. The van der Waals surface area contributed by atoms with Crippen molar-refractivity contribution in [3.63, 3.8) is 0 Å². The zero-order valence-electron chi connectivity index (χ0n) is 12.1. The molecule has 1 aromatic carbocycles. The number of thiocarbonyl (C=S) groups is 1. The molecule has 2 fully saturated rings. The second-order valence-corrected chi connectivity index (χ2v) is 6.36. The molecule has 3 rings (SSSR count). The first-order valence-electron chi connectivity index (χ1n) is 7.41. The number of benzene rings is 1. The standard InChI is InChI=1S/C16H20N2O2S/c1-20-15(19)11-4-6-13(7-5-11)17-16(21)18-14-9-10-2-3-12(14)8-10/h4-7,10,12,14H,2-3,8-9H2,1H3,(H2,17,18,21)/t10-,12+,14+/m0/s1. The van der Waals surface area contributed by atoms with Gasteiger partial charge >= 0.3 is 5.97 Å². The monoisotopic (exact) mass is 304 g/mol. The minimum atomic E-state index is -0.329. The Bertz CT molecular complexity index is 544. The van der Waals surface area contributed by atoms with E-state index in [0.717, 1.165) is 17.5 Å². The smallest absolute Gasteiger partial charge is 0.337 e.